The maximum Gasteiger partial charge on any atom is 0.0435 e. The Kier molecular flexibility index (Phi) is 5.26. The van der Waals surface area contributed by atoms with Crippen molar-refractivity contribution in [2.75, 3.05) is 13.1 Å². The van der Waals surface area contributed by atoms with E-state index in [4.69, 9.17) is 23.1 Å². The van der Waals surface area contributed by atoms with Crippen molar-refractivity contribution in [1.29, 1.82) is 0 Å². The third-order valence-corrected chi connectivity index (χ3v) is 3.53. The summed E-state index contributed by atoms with van der Waals surface area (Å²) in [6, 6.07) is 6.20. The maximum absolute atomic E-state index is 6.01. The summed E-state index contributed by atoms with van der Waals surface area (Å²) in [5, 5.41) is 0.824. The van der Waals surface area contributed by atoms with Crippen LogP contribution >= 0.6 is 11.6 Å². The maximum atomic E-state index is 6.01. The van der Waals surface area contributed by atoms with Crippen molar-refractivity contribution >= 4 is 11.6 Å². The minimum Gasteiger partial charge on any atom is -0.330 e. The van der Waals surface area contributed by atoms with Crippen LogP contribution in [0.4, 0.5) is 0 Å². The van der Waals surface area contributed by atoms with E-state index in [-0.39, 0.29) is 0 Å². The van der Waals surface area contributed by atoms with Gasteiger partial charge in [0.1, 0.15) is 0 Å². The Morgan fingerprint density at radius 2 is 1.88 bits per heavy atom. The zero-order valence-electron chi connectivity index (χ0n) is 10.0. The number of benzene rings is 1. The van der Waals surface area contributed by atoms with Gasteiger partial charge in [0.05, 0.1) is 0 Å². The molecule has 0 amide bonds. The number of halogens is 1. The average Bonchev–Trinajstić information content (AvgIpc) is 2.29. The average molecular weight is 241 g/mol. The van der Waals surface area contributed by atoms with E-state index in [1.807, 2.05) is 13.0 Å². The van der Waals surface area contributed by atoms with Gasteiger partial charge in [-0.2, -0.15) is 0 Å². The summed E-state index contributed by atoms with van der Waals surface area (Å²) < 4.78 is 0. The zero-order valence-corrected chi connectivity index (χ0v) is 10.8. The highest BCUT2D eigenvalue weighted by Gasteiger charge is 2.12. The molecular weight excluding hydrogens is 220 g/mol. The first-order valence-electron chi connectivity index (χ1n) is 5.74. The van der Waals surface area contributed by atoms with Crippen molar-refractivity contribution in [3.05, 3.63) is 34.3 Å². The Hall–Kier alpha value is -0.570. The molecule has 0 saturated carbocycles. The lowest BCUT2D eigenvalue weighted by molar-refractivity contribution is 0.465. The number of aryl methyl sites for hydroxylation is 1. The van der Waals surface area contributed by atoms with Gasteiger partial charge in [0.25, 0.3) is 0 Å². The smallest absolute Gasteiger partial charge is 0.0435 e. The molecule has 0 aliphatic carbocycles. The minimum absolute atomic E-state index is 0.408. The Balaban J connectivity index is 2.72. The summed E-state index contributed by atoms with van der Waals surface area (Å²) in [4.78, 5) is 0. The van der Waals surface area contributed by atoms with Gasteiger partial charge in [0.2, 0.25) is 0 Å². The van der Waals surface area contributed by atoms with Crippen molar-refractivity contribution < 1.29 is 0 Å². The predicted octanol–water partition coefficient (Wildman–Crippen LogP) is 2.68. The van der Waals surface area contributed by atoms with Gasteiger partial charge in [-0.1, -0.05) is 30.7 Å². The van der Waals surface area contributed by atoms with Crippen LogP contribution in [0.5, 0.6) is 0 Å². The molecule has 0 aliphatic heterocycles. The van der Waals surface area contributed by atoms with Crippen molar-refractivity contribution in [2.45, 2.75) is 26.2 Å². The molecule has 0 bridgehead atoms. The number of rotatable bonds is 5. The second-order valence-corrected chi connectivity index (χ2v) is 4.89. The van der Waals surface area contributed by atoms with Crippen LogP contribution in [0.25, 0.3) is 0 Å². The van der Waals surface area contributed by atoms with Crippen LogP contribution in [0.1, 0.15) is 30.4 Å². The highest BCUT2D eigenvalue weighted by Crippen LogP contribution is 2.26. The molecule has 90 valence electrons. The summed E-state index contributed by atoms with van der Waals surface area (Å²) in [6.07, 6.45) is 1.04. The first-order valence-corrected chi connectivity index (χ1v) is 6.12. The SMILES string of the molecule is Cc1cc(C(C)CC(CN)CN)ccc1Cl. The largest absolute Gasteiger partial charge is 0.330 e. The standard InChI is InChI=1S/C13H21ClN2/c1-9(5-11(7-15)8-16)12-3-4-13(14)10(2)6-12/h3-4,6,9,11H,5,7-8,15-16H2,1-2H3. The molecule has 1 rings (SSSR count). The monoisotopic (exact) mass is 240 g/mol. The Morgan fingerprint density at radius 3 is 2.38 bits per heavy atom. The van der Waals surface area contributed by atoms with Crippen LogP contribution < -0.4 is 11.5 Å². The van der Waals surface area contributed by atoms with Crippen molar-refractivity contribution in [3.63, 3.8) is 0 Å². The molecule has 0 spiro atoms. The Bertz CT molecular complexity index is 335. The molecule has 1 unspecified atom stereocenters. The molecule has 1 atom stereocenters. The van der Waals surface area contributed by atoms with E-state index in [0.29, 0.717) is 24.9 Å². The zero-order chi connectivity index (χ0) is 12.1. The topological polar surface area (TPSA) is 52.0 Å². The molecule has 1 aromatic carbocycles. The van der Waals surface area contributed by atoms with Gasteiger partial charge in [0, 0.05) is 5.02 Å². The van der Waals surface area contributed by atoms with E-state index in [1.165, 1.54) is 5.56 Å². The van der Waals surface area contributed by atoms with E-state index < -0.39 is 0 Å². The first-order chi connectivity index (χ1) is 7.58. The van der Waals surface area contributed by atoms with Crippen LogP contribution in [0.15, 0.2) is 18.2 Å². The lowest BCUT2D eigenvalue weighted by Gasteiger charge is -2.18. The molecule has 0 heterocycles. The second-order valence-electron chi connectivity index (χ2n) is 4.48. The van der Waals surface area contributed by atoms with Crippen molar-refractivity contribution in [2.24, 2.45) is 17.4 Å². The third-order valence-electron chi connectivity index (χ3n) is 3.10. The molecule has 2 nitrogen and oxygen atoms in total. The van der Waals surface area contributed by atoms with Gasteiger partial charge in [-0.25, -0.2) is 0 Å². The third kappa shape index (κ3) is 3.48. The summed E-state index contributed by atoms with van der Waals surface area (Å²) >= 11 is 6.01. The predicted molar refractivity (Wildman–Crippen MR) is 70.8 cm³/mol. The molecule has 0 aromatic heterocycles. The van der Waals surface area contributed by atoms with Gasteiger partial charge in [-0.05, 0) is 55.5 Å². The molecule has 0 aliphatic rings. The van der Waals surface area contributed by atoms with Crippen LogP contribution in [-0.2, 0) is 0 Å². The fraction of sp³-hybridized carbons (Fsp3) is 0.538. The van der Waals surface area contributed by atoms with Crippen LogP contribution in [-0.4, -0.2) is 13.1 Å². The Labute approximate surface area is 103 Å². The molecule has 3 heteroatoms. The summed E-state index contributed by atoms with van der Waals surface area (Å²) in [5.74, 6) is 0.888. The number of nitrogens with two attached hydrogens (primary N) is 2. The van der Waals surface area contributed by atoms with Gasteiger partial charge in [-0.3, -0.25) is 0 Å². The first kappa shape index (κ1) is 13.5. The molecule has 1 aromatic rings. The van der Waals surface area contributed by atoms with Crippen molar-refractivity contribution in [3.8, 4) is 0 Å². The molecule has 0 radical (unpaired) electrons. The van der Waals surface area contributed by atoms with E-state index in [0.717, 1.165) is 17.0 Å². The fourth-order valence-electron chi connectivity index (χ4n) is 1.90. The Morgan fingerprint density at radius 1 is 1.25 bits per heavy atom. The highest BCUT2D eigenvalue weighted by molar-refractivity contribution is 6.31. The molecular formula is C13H21ClN2. The van der Waals surface area contributed by atoms with Gasteiger partial charge in [-0.15, -0.1) is 0 Å². The number of hydrogen-bond acceptors (Lipinski definition) is 2. The van der Waals surface area contributed by atoms with Crippen LogP contribution in [0.3, 0.4) is 0 Å². The summed E-state index contributed by atoms with van der Waals surface area (Å²) in [6.45, 7) is 5.56. The minimum atomic E-state index is 0.408. The van der Waals surface area contributed by atoms with E-state index in [9.17, 15) is 0 Å². The molecule has 4 N–H and O–H groups in total. The van der Waals surface area contributed by atoms with E-state index >= 15 is 0 Å². The molecule has 0 saturated heterocycles. The lowest BCUT2D eigenvalue weighted by atomic mass is 9.89. The van der Waals surface area contributed by atoms with Crippen LogP contribution in [0.2, 0.25) is 5.02 Å². The summed E-state index contributed by atoms with van der Waals surface area (Å²) in [7, 11) is 0. The molecule has 16 heavy (non-hydrogen) atoms. The van der Waals surface area contributed by atoms with Crippen LogP contribution in [0, 0.1) is 12.8 Å². The van der Waals surface area contributed by atoms with Gasteiger partial charge >= 0.3 is 0 Å². The van der Waals surface area contributed by atoms with E-state index in [2.05, 4.69) is 19.1 Å². The second kappa shape index (κ2) is 6.24. The highest BCUT2D eigenvalue weighted by atomic mass is 35.5. The molecule has 0 fully saturated rings. The van der Waals surface area contributed by atoms with Crippen molar-refractivity contribution in [1.82, 2.24) is 0 Å². The van der Waals surface area contributed by atoms with Gasteiger partial charge in [0.15, 0.2) is 0 Å². The summed E-state index contributed by atoms with van der Waals surface area (Å²) in [5.41, 5.74) is 13.8. The number of hydrogen-bond donors (Lipinski definition) is 2. The van der Waals surface area contributed by atoms with E-state index in [1.54, 1.807) is 0 Å². The van der Waals surface area contributed by atoms with Gasteiger partial charge < -0.3 is 11.5 Å². The fourth-order valence-corrected chi connectivity index (χ4v) is 2.02. The normalized spacial score (nSPS) is 13.1. The quantitative estimate of drug-likeness (QED) is 0.832. The lowest BCUT2D eigenvalue weighted by Crippen LogP contribution is -2.24.